The number of rotatable bonds is 4. The summed E-state index contributed by atoms with van der Waals surface area (Å²) in [5.74, 6) is 0. The van der Waals surface area contributed by atoms with Crippen molar-refractivity contribution >= 4 is 0 Å². The molecule has 0 unspecified atom stereocenters. The van der Waals surface area contributed by atoms with Gasteiger partial charge in [0.25, 0.3) is 0 Å². The van der Waals surface area contributed by atoms with Gasteiger partial charge in [-0.05, 0) is 26.7 Å². The van der Waals surface area contributed by atoms with Gasteiger partial charge in [0.05, 0.1) is 0 Å². The van der Waals surface area contributed by atoms with E-state index in [0.29, 0.717) is 0 Å². The molecule has 0 aliphatic heterocycles. The SMILES string of the molecule is C=CC=C(C)CCC(=C)C. The van der Waals surface area contributed by atoms with Crippen molar-refractivity contribution in [3.8, 4) is 0 Å². The van der Waals surface area contributed by atoms with Crippen molar-refractivity contribution in [2.24, 2.45) is 0 Å². The van der Waals surface area contributed by atoms with Crippen LogP contribution >= 0.6 is 0 Å². The summed E-state index contributed by atoms with van der Waals surface area (Å²) in [6.45, 7) is 11.6. The molecule has 0 nitrogen and oxygen atoms in total. The number of allylic oxidation sites excluding steroid dienone is 4. The first-order chi connectivity index (χ1) is 4.66. The average molecular weight is 136 g/mol. The molecule has 0 saturated heterocycles. The molecule has 56 valence electrons. The second-order valence-electron chi connectivity index (χ2n) is 2.71. The van der Waals surface area contributed by atoms with E-state index < -0.39 is 0 Å². The van der Waals surface area contributed by atoms with Crippen molar-refractivity contribution in [1.82, 2.24) is 0 Å². The molecule has 0 spiro atoms. The van der Waals surface area contributed by atoms with Gasteiger partial charge in [-0.1, -0.05) is 29.9 Å². The Morgan fingerprint density at radius 3 is 2.30 bits per heavy atom. The monoisotopic (exact) mass is 136 g/mol. The predicted molar refractivity (Wildman–Crippen MR) is 48.0 cm³/mol. The van der Waals surface area contributed by atoms with Crippen molar-refractivity contribution in [3.05, 3.63) is 36.5 Å². The van der Waals surface area contributed by atoms with Gasteiger partial charge in [0.1, 0.15) is 0 Å². The fraction of sp³-hybridized carbons (Fsp3) is 0.400. The van der Waals surface area contributed by atoms with Crippen LogP contribution in [0.4, 0.5) is 0 Å². The molecule has 0 heterocycles. The number of hydrogen-bond acceptors (Lipinski definition) is 0. The molecule has 0 amide bonds. The highest BCUT2D eigenvalue weighted by Gasteiger charge is 1.88. The summed E-state index contributed by atoms with van der Waals surface area (Å²) < 4.78 is 0. The lowest BCUT2D eigenvalue weighted by Gasteiger charge is -1.98. The first-order valence-electron chi connectivity index (χ1n) is 3.59. The zero-order valence-corrected chi connectivity index (χ0v) is 6.98. The van der Waals surface area contributed by atoms with Crippen molar-refractivity contribution in [3.63, 3.8) is 0 Å². The van der Waals surface area contributed by atoms with Crippen LogP contribution in [0, 0.1) is 0 Å². The second-order valence-corrected chi connectivity index (χ2v) is 2.71. The normalized spacial score (nSPS) is 11.2. The van der Waals surface area contributed by atoms with Crippen LogP contribution in [0.2, 0.25) is 0 Å². The Morgan fingerprint density at radius 2 is 1.90 bits per heavy atom. The largest absolute Gasteiger partial charge is 0.100 e. The van der Waals surface area contributed by atoms with Crippen LogP contribution < -0.4 is 0 Å². The van der Waals surface area contributed by atoms with Crippen LogP contribution in [-0.4, -0.2) is 0 Å². The Morgan fingerprint density at radius 1 is 1.30 bits per heavy atom. The topological polar surface area (TPSA) is 0 Å². The maximum absolute atomic E-state index is 3.83. The Hall–Kier alpha value is -0.780. The van der Waals surface area contributed by atoms with Crippen LogP contribution in [0.5, 0.6) is 0 Å². The van der Waals surface area contributed by atoms with Crippen molar-refractivity contribution in [2.45, 2.75) is 26.7 Å². The Balaban J connectivity index is 3.58. The molecule has 0 aromatic carbocycles. The minimum Gasteiger partial charge on any atom is -0.100 e. The molecule has 0 heteroatoms. The van der Waals surface area contributed by atoms with E-state index in [9.17, 15) is 0 Å². The molecule has 0 aromatic rings. The van der Waals surface area contributed by atoms with E-state index in [4.69, 9.17) is 0 Å². The third-order valence-electron chi connectivity index (χ3n) is 1.35. The van der Waals surface area contributed by atoms with Crippen LogP contribution in [0.15, 0.2) is 36.5 Å². The third-order valence-corrected chi connectivity index (χ3v) is 1.35. The second kappa shape index (κ2) is 5.04. The van der Waals surface area contributed by atoms with Crippen LogP contribution in [0.25, 0.3) is 0 Å². The van der Waals surface area contributed by atoms with Gasteiger partial charge in [-0.15, -0.1) is 6.58 Å². The standard InChI is InChI=1S/C10H16/c1-5-6-10(4)8-7-9(2)3/h5-6H,1-2,7-8H2,3-4H3. The van der Waals surface area contributed by atoms with E-state index in [-0.39, 0.29) is 0 Å². The lowest BCUT2D eigenvalue weighted by Crippen LogP contribution is -1.77. The molecule has 0 N–H and O–H groups in total. The van der Waals surface area contributed by atoms with Gasteiger partial charge in [-0.25, -0.2) is 0 Å². The summed E-state index contributed by atoms with van der Waals surface area (Å²) in [5.41, 5.74) is 2.62. The fourth-order valence-corrected chi connectivity index (χ4v) is 0.695. The molecule has 0 rings (SSSR count). The van der Waals surface area contributed by atoms with Crippen LogP contribution in [0.3, 0.4) is 0 Å². The Kier molecular flexibility index (Phi) is 4.65. The molecule has 10 heavy (non-hydrogen) atoms. The van der Waals surface area contributed by atoms with Gasteiger partial charge in [0.15, 0.2) is 0 Å². The molecule has 0 aliphatic rings. The van der Waals surface area contributed by atoms with E-state index in [1.165, 1.54) is 11.1 Å². The Labute approximate surface area is 64.0 Å². The van der Waals surface area contributed by atoms with Gasteiger partial charge >= 0.3 is 0 Å². The molecule has 0 bridgehead atoms. The minimum atomic E-state index is 1.09. The third kappa shape index (κ3) is 5.36. The quantitative estimate of drug-likeness (QED) is 0.410. The first-order valence-corrected chi connectivity index (χ1v) is 3.59. The molecule has 0 atom stereocenters. The molecular weight excluding hydrogens is 120 g/mol. The summed E-state index contributed by atoms with van der Waals surface area (Å²) >= 11 is 0. The van der Waals surface area contributed by atoms with Gasteiger partial charge in [-0.2, -0.15) is 0 Å². The lowest BCUT2D eigenvalue weighted by molar-refractivity contribution is 0.929. The summed E-state index contributed by atoms with van der Waals surface area (Å²) in [5, 5.41) is 0. The predicted octanol–water partition coefficient (Wildman–Crippen LogP) is 3.48. The highest BCUT2D eigenvalue weighted by molar-refractivity contribution is 5.09. The van der Waals surface area contributed by atoms with Crippen LogP contribution in [-0.2, 0) is 0 Å². The highest BCUT2D eigenvalue weighted by atomic mass is 13.9. The first kappa shape index (κ1) is 9.22. The van der Waals surface area contributed by atoms with Gasteiger partial charge in [0, 0.05) is 0 Å². The van der Waals surface area contributed by atoms with Gasteiger partial charge < -0.3 is 0 Å². The molecule has 0 saturated carbocycles. The lowest BCUT2D eigenvalue weighted by atomic mass is 10.1. The van der Waals surface area contributed by atoms with Crippen molar-refractivity contribution in [2.75, 3.05) is 0 Å². The van der Waals surface area contributed by atoms with E-state index >= 15 is 0 Å². The number of hydrogen-bond donors (Lipinski definition) is 0. The maximum Gasteiger partial charge on any atom is -0.0283 e. The smallest absolute Gasteiger partial charge is 0.0283 e. The van der Waals surface area contributed by atoms with E-state index in [1.807, 2.05) is 12.2 Å². The van der Waals surface area contributed by atoms with Gasteiger partial charge in [0.2, 0.25) is 0 Å². The highest BCUT2D eigenvalue weighted by Crippen LogP contribution is 2.08. The van der Waals surface area contributed by atoms with Crippen molar-refractivity contribution < 1.29 is 0 Å². The molecular formula is C10H16. The summed E-state index contributed by atoms with van der Waals surface area (Å²) in [6.07, 6.45) is 6.08. The zero-order chi connectivity index (χ0) is 7.98. The van der Waals surface area contributed by atoms with Crippen LogP contribution in [0.1, 0.15) is 26.7 Å². The van der Waals surface area contributed by atoms with E-state index in [1.54, 1.807) is 0 Å². The molecule has 0 aliphatic carbocycles. The van der Waals surface area contributed by atoms with E-state index in [2.05, 4.69) is 27.0 Å². The zero-order valence-electron chi connectivity index (χ0n) is 6.98. The molecule has 0 aromatic heterocycles. The molecule has 0 fully saturated rings. The summed E-state index contributed by atoms with van der Waals surface area (Å²) in [4.78, 5) is 0. The fourth-order valence-electron chi connectivity index (χ4n) is 0.695. The Bertz CT molecular complexity index is 149. The average Bonchev–Trinajstić information content (AvgIpc) is 1.85. The maximum atomic E-state index is 3.83. The minimum absolute atomic E-state index is 1.09. The summed E-state index contributed by atoms with van der Waals surface area (Å²) in [7, 11) is 0. The van der Waals surface area contributed by atoms with Gasteiger partial charge in [-0.3, -0.25) is 0 Å². The molecule has 0 radical (unpaired) electrons. The van der Waals surface area contributed by atoms with Crippen molar-refractivity contribution in [1.29, 1.82) is 0 Å². The summed E-state index contributed by atoms with van der Waals surface area (Å²) in [6, 6.07) is 0. The van der Waals surface area contributed by atoms with E-state index in [0.717, 1.165) is 12.8 Å².